The fourth-order valence-corrected chi connectivity index (χ4v) is 16.1. The maximum atomic E-state index is 12.9. The van der Waals surface area contributed by atoms with Crippen LogP contribution in [0.4, 0.5) is 0 Å². The van der Waals surface area contributed by atoms with Gasteiger partial charge in [-0.3, -0.25) is 19.2 Å². The zero-order valence-electron chi connectivity index (χ0n) is 39.7. The summed E-state index contributed by atoms with van der Waals surface area (Å²) in [7, 11) is 0. The number of carbonyl (C=O) groups excluding carboxylic acids is 4. The first-order chi connectivity index (χ1) is 30.3. The van der Waals surface area contributed by atoms with E-state index < -0.39 is 10.8 Å². The highest BCUT2D eigenvalue weighted by Gasteiger charge is 2.68. The molecule has 10 nitrogen and oxygen atoms in total. The molecule has 10 aliphatic rings. The van der Waals surface area contributed by atoms with Crippen LogP contribution in [-0.2, 0) is 47.6 Å². The highest BCUT2D eigenvalue weighted by Crippen LogP contribution is 2.70. The lowest BCUT2D eigenvalue weighted by molar-refractivity contribution is -0.173. The summed E-state index contributed by atoms with van der Waals surface area (Å²) >= 11 is 0. The number of carbonyl (C=O) groups is 4. The van der Waals surface area contributed by atoms with Gasteiger partial charge in [0.2, 0.25) is 0 Å². The van der Waals surface area contributed by atoms with Gasteiger partial charge in [0.1, 0.15) is 12.2 Å². The summed E-state index contributed by atoms with van der Waals surface area (Å²) in [5.41, 5.74) is -0.833. The lowest BCUT2D eigenvalue weighted by Gasteiger charge is -2.41. The van der Waals surface area contributed by atoms with E-state index in [-0.39, 0.29) is 97.3 Å². The lowest BCUT2D eigenvalue weighted by Crippen LogP contribution is -2.43. The Morgan fingerprint density at radius 3 is 1.33 bits per heavy atom. The highest BCUT2D eigenvalue weighted by molar-refractivity contribution is 5.77. The van der Waals surface area contributed by atoms with Gasteiger partial charge in [-0.1, -0.05) is 82.1 Å². The van der Waals surface area contributed by atoms with Crippen LogP contribution in [0.5, 0.6) is 0 Å². The molecule has 0 saturated heterocycles. The van der Waals surface area contributed by atoms with Gasteiger partial charge in [-0.2, -0.15) is 0 Å². The Labute approximate surface area is 407 Å². The molecule has 0 aliphatic heterocycles. The molecule has 0 N–H and O–H groups in total. The van der Waals surface area contributed by atoms with Gasteiger partial charge in [-0.25, -0.2) is 0 Å². The van der Waals surface area contributed by atoms with Gasteiger partial charge in [0.15, 0.2) is 13.6 Å². The first-order valence-electron chi connectivity index (χ1n) is 26.2. The van der Waals surface area contributed by atoms with E-state index in [0.717, 1.165) is 82.7 Å². The molecule has 10 rings (SSSR count). The van der Waals surface area contributed by atoms with Crippen LogP contribution in [0.3, 0.4) is 0 Å². The average Bonchev–Trinajstić information content (AvgIpc) is 4.16. The maximum absolute atomic E-state index is 12.9. The standard InChI is InChI=1S/C27H42O5.C26H40O5.4CH4/c1-4-27(2,3)26(29)32-22-13-18-12-21(22)24-19-10-17(23(18)24)11-20(19)25(28)31-15-30-14-16-8-6-5-7-9-16;1-4-26(2,3)25(28)31-21-13-16-12-20(21)23-18-10-15(22(16)23)11-19(18)24(27)30-14-29-17-8-6-5-7-9-17;;;;/h16-24H,4-15H2,1-3H3;15-23H,4-14H2,1-3H3;4*1H4. The molecule has 16 atom stereocenters. The van der Waals surface area contributed by atoms with Gasteiger partial charge in [-0.05, 0) is 195 Å². The van der Waals surface area contributed by atoms with Crippen LogP contribution in [0.15, 0.2) is 0 Å². The molecule has 0 aromatic heterocycles. The number of fused-ring (bicyclic) bond motifs is 18. The Hall–Kier alpha value is -2.20. The third-order valence-electron chi connectivity index (χ3n) is 19.9. The fourth-order valence-electron chi connectivity index (χ4n) is 16.1. The van der Waals surface area contributed by atoms with Crippen LogP contribution in [-0.4, -0.2) is 62.4 Å². The number of hydrogen-bond donors (Lipinski definition) is 0. The van der Waals surface area contributed by atoms with Crippen molar-refractivity contribution in [2.75, 3.05) is 20.2 Å². The number of esters is 4. The third-order valence-corrected chi connectivity index (χ3v) is 19.9. The van der Waals surface area contributed by atoms with Crippen molar-refractivity contribution in [3.8, 4) is 0 Å². The number of ether oxygens (including phenoxy) is 6. The quantitative estimate of drug-likeness (QED) is 0.0515. The van der Waals surface area contributed by atoms with E-state index >= 15 is 0 Å². The van der Waals surface area contributed by atoms with Crippen LogP contribution >= 0.6 is 0 Å². The molecule has 0 aromatic carbocycles. The first-order valence-corrected chi connectivity index (χ1v) is 26.2. The van der Waals surface area contributed by atoms with Gasteiger partial charge >= 0.3 is 23.9 Å². The van der Waals surface area contributed by atoms with Crippen molar-refractivity contribution in [3.05, 3.63) is 0 Å². The highest BCUT2D eigenvalue weighted by atomic mass is 16.7. The lowest BCUT2D eigenvalue weighted by atomic mass is 9.66. The summed E-state index contributed by atoms with van der Waals surface area (Å²) < 4.78 is 34.9. The summed E-state index contributed by atoms with van der Waals surface area (Å²) in [6, 6.07) is 0. The molecule has 67 heavy (non-hydrogen) atoms. The molecule has 10 saturated carbocycles. The Kier molecular flexibility index (Phi) is 19.1. The van der Waals surface area contributed by atoms with Crippen LogP contribution in [0.25, 0.3) is 0 Å². The third kappa shape index (κ3) is 11.0. The first kappa shape index (κ1) is 55.7. The Balaban J connectivity index is 0.000000237. The molecule has 0 amide bonds. The minimum Gasteiger partial charge on any atom is -0.462 e. The van der Waals surface area contributed by atoms with E-state index in [2.05, 4.69) is 0 Å². The van der Waals surface area contributed by atoms with Crippen LogP contribution < -0.4 is 0 Å². The largest absolute Gasteiger partial charge is 0.462 e. The van der Waals surface area contributed by atoms with E-state index in [1.807, 2.05) is 41.5 Å². The van der Waals surface area contributed by atoms with Gasteiger partial charge in [0.05, 0.1) is 35.4 Å². The van der Waals surface area contributed by atoms with Gasteiger partial charge < -0.3 is 28.4 Å². The Bertz CT molecular complexity index is 1650. The number of rotatable bonds is 15. The van der Waals surface area contributed by atoms with E-state index in [1.165, 1.54) is 64.2 Å². The smallest absolute Gasteiger partial charge is 0.311 e. The SMILES string of the molecule is C.C.C.C.CCC(C)(C)C(=O)OC1CC2CC1C1C3CC(CC3C(=O)OCOC3CCCCC3)C21.CCC(C)(C)C(=O)OC1CC2CC1C1C3CC(CC3C(=O)OCOCC3CCCCC3)C21. The molecule has 8 bridgehead atoms. The maximum Gasteiger partial charge on any atom is 0.311 e. The van der Waals surface area contributed by atoms with E-state index in [1.54, 1.807) is 0 Å². The summed E-state index contributed by atoms with van der Waals surface area (Å²) in [4.78, 5) is 51.2. The van der Waals surface area contributed by atoms with Gasteiger partial charge in [-0.15, -0.1) is 0 Å². The molecule has 0 aromatic rings. The summed E-state index contributed by atoms with van der Waals surface area (Å²) in [6.45, 7) is 12.9. The summed E-state index contributed by atoms with van der Waals surface area (Å²) in [6.07, 6.45) is 23.0. The molecule has 10 fully saturated rings. The molecular formula is C57H98O10. The molecule has 386 valence electrons. The Morgan fingerprint density at radius 1 is 0.478 bits per heavy atom. The zero-order chi connectivity index (χ0) is 44.2. The summed E-state index contributed by atoms with van der Waals surface area (Å²) in [5, 5.41) is 0. The minimum absolute atomic E-state index is 0. The van der Waals surface area contributed by atoms with Crippen molar-refractivity contribution in [1.82, 2.24) is 0 Å². The van der Waals surface area contributed by atoms with Crippen LogP contribution in [0, 0.1) is 99.6 Å². The predicted octanol–water partition coefficient (Wildman–Crippen LogP) is 13.0. The molecule has 10 heteroatoms. The van der Waals surface area contributed by atoms with Gasteiger partial charge in [0.25, 0.3) is 0 Å². The Morgan fingerprint density at radius 2 is 0.881 bits per heavy atom. The second-order valence-electron chi connectivity index (χ2n) is 23.9. The van der Waals surface area contributed by atoms with E-state index in [4.69, 9.17) is 28.4 Å². The van der Waals surface area contributed by atoms with Crippen LogP contribution in [0.2, 0.25) is 0 Å². The zero-order valence-corrected chi connectivity index (χ0v) is 39.7. The van der Waals surface area contributed by atoms with Crippen molar-refractivity contribution >= 4 is 23.9 Å². The summed E-state index contributed by atoms with van der Waals surface area (Å²) in [5.74, 6) is 7.39. The van der Waals surface area contributed by atoms with Crippen molar-refractivity contribution in [2.45, 2.75) is 218 Å². The minimum atomic E-state index is -0.417. The second kappa shape index (κ2) is 22.9. The normalized spacial score (nSPS) is 38.5. The fraction of sp³-hybridized carbons (Fsp3) is 0.930. The molecular weight excluding hydrogens is 845 g/mol. The van der Waals surface area contributed by atoms with Crippen LogP contribution in [0.1, 0.15) is 200 Å². The van der Waals surface area contributed by atoms with Crippen molar-refractivity contribution < 1.29 is 47.6 Å². The van der Waals surface area contributed by atoms with Crippen molar-refractivity contribution in [2.24, 2.45) is 99.6 Å². The molecule has 10 aliphatic carbocycles. The predicted molar refractivity (Wildman–Crippen MR) is 263 cm³/mol. The molecule has 0 spiro atoms. The van der Waals surface area contributed by atoms with E-state index in [9.17, 15) is 19.2 Å². The average molecular weight is 943 g/mol. The second-order valence-corrected chi connectivity index (χ2v) is 23.9. The molecule has 0 heterocycles. The molecule has 0 radical (unpaired) electrons. The van der Waals surface area contributed by atoms with Crippen molar-refractivity contribution in [1.29, 1.82) is 0 Å². The monoisotopic (exact) mass is 943 g/mol. The van der Waals surface area contributed by atoms with E-state index in [0.29, 0.717) is 65.1 Å². The molecule has 16 unspecified atom stereocenters. The van der Waals surface area contributed by atoms with Crippen molar-refractivity contribution in [3.63, 3.8) is 0 Å². The van der Waals surface area contributed by atoms with Gasteiger partial charge in [0, 0.05) is 0 Å². The number of hydrogen-bond acceptors (Lipinski definition) is 10. The topological polar surface area (TPSA) is 124 Å².